The summed E-state index contributed by atoms with van der Waals surface area (Å²) in [5.41, 5.74) is 5.05. The Bertz CT molecular complexity index is 769. The van der Waals surface area contributed by atoms with Gasteiger partial charge in [0.15, 0.2) is 0 Å². The van der Waals surface area contributed by atoms with Crippen LogP contribution in [0.25, 0.3) is 17.2 Å². The third-order valence-electron chi connectivity index (χ3n) is 4.09. The molecule has 3 aromatic rings. The number of ether oxygens (including phenoxy) is 1. The van der Waals surface area contributed by atoms with E-state index in [4.69, 9.17) is 4.74 Å². The summed E-state index contributed by atoms with van der Waals surface area (Å²) < 4.78 is 5.20. The Balaban J connectivity index is 1.58. The van der Waals surface area contributed by atoms with Gasteiger partial charge < -0.3 is 4.74 Å². The third-order valence-corrected chi connectivity index (χ3v) is 4.09. The molecule has 0 bridgehead atoms. The summed E-state index contributed by atoms with van der Waals surface area (Å²) in [6.45, 7) is 0. The maximum atomic E-state index is 5.20. The first kappa shape index (κ1) is 16.1. The average molecular weight is 314 g/mol. The van der Waals surface area contributed by atoms with Gasteiger partial charge in [-0.3, -0.25) is 0 Å². The summed E-state index contributed by atoms with van der Waals surface area (Å²) >= 11 is 0. The van der Waals surface area contributed by atoms with E-state index in [0.717, 1.165) is 18.6 Å². The van der Waals surface area contributed by atoms with Crippen LogP contribution in [0.5, 0.6) is 5.75 Å². The topological polar surface area (TPSA) is 9.23 Å². The zero-order valence-electron chi connectivity index (χ0n) is 14.0. The molecule has 0 N–H and O–H groups in total. The Hall–Kier alpha value is -2.80. The maximum absolute atomic E-state index is 5.20. The monoisotopic (exact) mass is 314 g/mol. The molecular weight excluding hydrogens is 292 g/mol. The van der Waals surface area contributed by atoms with Crippen LogP contribution in [0, 0.1) is 0 Å². The van der Waals surface area contributed by atoms with E-state index in [1.165, 1.54) is 22.3 Å². The van der Waals surface area contributed by atoms with E-state index >= 15 is 0 Å². The number of rotatable bonds is 6. The van der Waals surface area contributed by atoms with Crippen molar-refractivity contribution in [3.05, 3.63) is 96.1 Å². The van der Waals surface area contributed by atoms with Gasteiger partial charge in [0.05, 0.1) is 7.11 Å². The fraction of sp³-hybridized carbons (Fsp3) is 0.130. The number of benzene rings is 3. The molecular formula is C23H22O. The van der Waals surface area contributed by atoms with Crippen LogP contribution in [-0.2, 0) is 6.42 Å². The Kier molecular flexibility index (Phi) is 5.47. The average Bonchev–Trinajstić information content (AvgIpc) is 2.67. The van der Waals surface area contributed by atoms with E-state index in [0.29, 0.717) is 0 Å². The van der Waals surface area contributed by atoms with E-state index in [9.17, 15) is 0 Å². The summed E-state index contributed by atoms with van der Waals surface area (Å²) in [5, 5.41) is 0. The van der Waals surface area contributed by atoms with Crippen molar-refractivity contribution in [2.75, 3.05) is 7.11 Å². The van der Waals surface area contributed by atoms with Crippen LogP contribution in [0.4, 0.5) is 0 Å². The van der Waals surface area contributed by atoms with Crippen LogP contribution >= 0.6 is 0 Å². The van der Waals surface area contributed by atoms with Gasteiger partial charge in [-0.1, -0.05) is 78.9 Å². The molecule has 0 heterocycles. The lowest BCUT2D eigenvalue weighted by Gasteiger charge is -2.04. The molecule has 0 aliphatic rings. The van der Waals surface area contributed by atoms with Crippen molar-refractivity contribution >= 4 is 6.08 Å². The highest BCUT2D eigenvalue weighted by Crippen LogP contribution is 2.23. The second kappa shape index (κ2) is 8.16. The van der Waals surface area contributed by atoms with Gasteiger partial charge in [-0.05, 0) is 47.2 Å². The summed E-state index contributed by atoms with van der Waals surface area (Å²) in [6, 6.07) is 27.4. The maximum Gasteiger partial charge on any atom is 0.118 e. The van der Waals surface area contributed by atoms with Crippen molar-refractivity contribution in [2.24, 2.45) is 0 Å². The normalized spacial score (nSPS) is 10.9. The molecule has 1 nitrogen and oxygen atoms in total. The highest BCUT2D eigenvalue weighted by molar-refractivity contribution is 5.66. The van der Waals surface area contributed by atoms with Gasteiger partial charge in [-0.15, -0.1) is 0 Å². The lowest BCUT2D eigenvalue weighted by Crippen LogP contribution is -1.83. The minimum Gasteiger partial charge on any atom is -0.497 e. The molecule has 0 amide bonds. The van der Waals surface area contributed by atoms with Crippen LogP contribution in [0.1, 0.15) is 17.5 Å². The van der Waals surface area contributed by atoms with Crippen LogP contribution in [-0.4, -0.2) is 7.11 Å². The molecule has 0 spiro atoms. The zero-order chi connectivity index (χ0) is 16.6. The molecule has 0 atom stereocenters. The molecule has 0 unspecified atom stereocenters. The molecule has 0 aromatic heterocycles. The van der Waals surface area contributed by atoms with E-state index in [1.807, 2.05) is 12.1 Å². The van der Waals surface area contributed by atoms with E-state index in [1.54, 1.807) is 7.11 Å². The van der Waals surface area contributed by atoms with Crippen molar-refractivity contribution < 1.29 is 4.74 Å². The van der Waals surface area contributed by atoms with Crippen LogP contribution in [0.15, 0.2) is 84.9 Å². The minimum atomic E-state index is 0.886. The second-order valence-electron chi connectivity index (χ2n) is 5.78. The zero-order valence-corrected chi connectivity index (χ0v) is 14.0. The van der Waals surface area contributed by atoms with Crippen LogP contribution < -0.4 is 4.74 Å². The lowest BCUT2D eigenvalue weighted by molar-refractivity contribution is 0.415. The van der Waals surface area contributed by atoms with E-state index in [2.05, 4.69) is 78.9 Å². The van der Waals surface area contributed by atoms with Gasteiger partial charge in [-0.25, -0.2) is 0 Å². The Morgan fingerprint density at radius 1 is 0.750 bits per heavy atom. The summed E-state index contributed by atoms with van der Waals surface area (Å²) in [7, 11) is 1.69. The highest BCUT2D eigenvalue weighted by Gasteiger charge is 1.98. The molecule has 0 radical (unpaired) electrons. The quantitative estimate of drug-likeness (QED) is 0.541. The Morgan fingerprint density at radius 2 is 1.38 bits per heavy atom. The van der Waals surface area contributed by atoms with Gasteiger partial charge in [0.25, 0.3) is 0 Å². The molecule has 3 rings (SSSR count). The van der Waals surface area contributed by atoms with Crippen molar-refractivity contribution in [1.29, 1.82) is 0 Å². The third kappa shape index (κ3) is 4.36. The van der Waals surface area contributed by atoms with Gasteiger partial charge >= 0.3 is 0 Å². The number of aryl methyl sites for hydroxylation is 1. The molecule has 3 aromatic carbocycles. The fourth-order valence-electron chi connectivity index (χ4n) is 2.68. The fourth-order valence-corrected chi connectivity index (χ4v) is 2.68. The molecule has 0 saturated carbocycles. The highest BCUT2D eigenvalue weighted by atomic mass is 16.5. The summed E-state index contributed by atoms with van der Waals surface area (Å²) in [4.78, 5) is 0. The largest absolute Gasteiger partial charge is 0.497 e. The first-order valence-electron chi connectivity index (χ1n) is 8.30. The van der Waals surface area contributed by atoms with Crippen molar-refractivity contribution in [1.82, 2.24) is 0 Å². The molecule has 0 saturated heterocycles. The molecule has 0 fully saturated rings. The summed E-state index contributed by atoms with van der Waals surface area (Å²) in [5.74, 6) is 0.886. The Labute approximate surface area is 144 Å². The first-order valence-corrected chi connectivity index (χ1v) is 8.30. The van der Waals surface area contributed by atoms with Crippen molar-refractivity contribution in [3.8, 4) is 16.9 Å². The van der Waals surface area contributed by atoms with Gasteiger partial charge in [0.1, 0.15) is 5.75 Å². The number of methoxy groups -OCH3 is 1. The first-order chi connectivity index (χ1) is 11.8. The van der Waals surface area contributed by atoms with Crippen LogP contribution in [0.3, 0.4) is 0 Å². The molecule has 0 aliphatic carbocycles. The molecule has 24 heavy (non-hydrogen) atoms. The molecule has 1 heteroatoms. The SMILES string of the molecule is COc1ccc(-c2ccc(/C=C/CCc3ccccc3)cc2)cc1. The minimum absolute atomic E-state index is 0.886. The van der Waals surface area contributed by atoms with Gasteiger partial charge in [-0.2, -0.15) is 0 Å². The summed E-state index contributed by atoms with van der Waals surface area (Å²) in [6.07, 6.45) is 6.58. The van der Waals surface area contributed by atoms with E-state index < -0.39 is 0 Å². The lowest BCUT2D eigenvalue weighted by atomic mass is 10.0. The van der Waals surface area contributed by atoms with Gasteiger partial charge in [0.2, 0.25) is 0 Å². The van der Waals surface area contributed by atoms with Crippen molar-refractivity contribution in [2.45, 2.75) is 12.8 Å². The van der Waals surface area contributed by atoms with E-state index in [-0.39, 0.29) is 0 Å². The smallest absolute Gasteiger partial charge is 0.118 e. The molecule has 120 valence electrons. The number of allylic oxidation sites excluding steroid dienone is 1. The predicted octanol–water partition coefficient (Wildman–Crippen LogP) is 6.01. The predicted molar refractivity (Wildman–Crippen MR) is 102 cm³/mol. The second-order valence-corrected chi connectivity index (χ2v) is 5.78. The Morgan fingerprint density at radius 3 is 2.00 bits per heavy atom. The standard InChI is InChI=1S/C23H22O/c1-24-23-17-15-22(16-18-23)21-13-11-20(12-14-21)10-6-5-9-19-7-3-2-4-8-19/h2-4,6-8,10-18H,5,9H2,1H3/b10-6+. The molecule has 0 aliphatic heterocycles. The van der Waals surface area contributed by atoms with Crippen molar-refractivity contribution in [3.63, 3.8) is 0 Å². The number of hydrogen-bond donors (Lipinski definition) is 0. The van der Waals surface area contributed by atoms with Crippen LogP contribution in [0.2, 0.25) is 0 Å². The number of hydrogen-bond acceptors (Lipinski definition) is 1. The van der Waals surface area contributed by atoms with Gasteiger partial charge in [0, 0.05) is 0 Å².